The predicted molar refractivity (Wildman–Crippen MR) is 204 cm³/mol. The molecular weight excluding hydrogens is 565 g/mol. The van der Waals surface area contributed by atoms with E-state index in [0.29, 0.717) is 0 Å². The largest absolute Gasteiger partial charge is 0.0619 e. The van der Waals surface area contributed by atoms with Crippen LogP contribution in [-0.4, -0.2) is 0 Å². The molecule has 0 nitrogen and oxygen atoms in total. The molecule has 0 amide bonds. The van der Waals surface area contributed by atoms with Crippen LogP contribution in [0.3, 0.4) is 0 Å². The van der Waals surface area contributed by atoms with E-state index >= 15 is 0 Å². The van der Waals surface area contributed by atoms with E-state index in [4.69, 9.17) is 0 Å². The Kier molecular flexibility index (Phi) is 5.91. The van der Waals surface area contributed by atoms with Gasteiger partial charge >= 0.3 is 0 Å². The summed E-state index contributed by atoms with van der Waals surface area (Å²) in [6.45, 7) is 11.8. The van der Waals surface area contributed by atoms with Gasteiger partial charge in [0.15, 0.2) is 0 Å². The van der Waals surface area contributed by atoms with Crippen LogP contribution in [0.1, 0.15) is 51.3 Å². The number of hydrogen-bond acceptors (Lipinski definition) is 0. The molecular formula is C47H38. The Morgan fingerprint density at radius 3 is 1.85 bits per heavy atom. The Labute approximate surface area is 277 Å². The summed E-state index contributed by atoms with van der Waals surface area (Å²) in [4.78, 5) is 0. The van der Waals surface area contributed by atoms with Crippen molar-refractivity contribution in [2.24, 2.45) is 0 Å². The fourth-order valence-corrected chi connectivity index (χ4v) is 8.70. The minimum Gasteiger partial charge on any atom is -0.0619 e. The Balaban J connectivity index is 1.39. The number of fused-ring (bicyclic) bond motifs is 5. The minimum atomic E-state index is -0.0726. The van der Waals surface area contributed by atoms with E-state index < -0.39 is 0 Å². The second-order valence-electron chi connectivity index (χ2n) is 14.9. The molecule has 0 bridgehead atoms. The first-order valence-electron chi connectivity index (χ1n) is 16.9. The molecule has 47 heavy (non-hydrogen) atoms. The Morgan fingerprint density at radius 1 is 0.426 bits per heavy atom. The Morgan fingerprint density at radius 2 is 1.02 bits per heavy atom. The van der Waals surface area contributed by atoms with Crippen LogP contribution in [0, 0.1) is 0 Å². The van der Waals surface area contributed by atoms with E-state index in [9.17, 15) is 0 Å². The van der Waals surface area contributed by atoms with Gasteiger partial charge in [0.05, 0.1) is 0 Å². The molecule has 0 spiro atoms. The smallest absolute Gasteiger partial charge is 0.0159 e. The average molecular weight is 603 g/mol. The SMILES string of the molecule is CC(C)(C)c1c2ccccc2c(-c2cccc3ccccc23)c2ccc(-c3ccc4c5c(cccc35)C(C)(C)c3ccccc3-4)cc12. The fourth-order valence-electron chi connectivity index (χ4n) is 8.70. The van der Waals surface area contributed by atoms with Crippen molar-refractivity contribution in [1.29, 1.82) is 0 Å². The Bertz CT molecular complexity index is 2570. The Hall–Kier alpha value is -5.20. The fraction of sp³-hybridized carbons (Fsp3) is 0.149. The molecule has 1 aliphatic carbocycles. The topological polar surface area (TPSA) is 0 Å². The van der Waals surface area contributed by atoms with E-state index in [1.807, 2.05) is 0 Å². The molecule has 0 radical (unpaired) electrons. The third-order valence-electron chi connectivity index (χ3n) is 10.7. The number of benzene rings is 8. The summed E-state index contributed by atoms with van der Waals surface area (Å²) in [6.07, 6.45) is 0. The predicted octanol–water partition coefficient (Wildman–Crippen LogP) is 13.2. The zero-order chi connectivity index (χ0) is 32.1. The molecule has 0 N–H and O–H groups in total. The van der Waals surface area contributed by atoms with Gasteiger partial charge in [-0.3, -0.25) is 0 Å². The quantitative estimate of drug-likeness (QED) is 0.173. The van der Waals surface area contributed by atoms with Crippen LogP contribution in [0.25, 0.3) is 76.5 Å². The van der Waals surface area contributed by atoms with E-state index in [1.54, 1.807) is 0 Å². The molecule has 0 atom stereocenters. The second-order valence-corrected chi connectivity index (χ2v) is 14.9. The molecule has 0 heterocycles. The zero-order valence-electron chi connectivity index (χ0n) is 27.8. The van der Waals surface area contributed by atoms with Crippen molar-refractivity contribution in [3.63, 3.8) is 0 Å². The van der Waals surface area contributed by atoms with E-state index in [0.717, 1.165) is 0 Å². The van der Waals surface area contributed by atoms with Crippen LogP contribution in [0.4, 0.5) is 0 Å². The van der Waals surface area contributed by atoms with Gasteiger partial charge in [0.2, 0.25) is 0 Å². The lowest BCUT2D eigenvalue weighted by molar-refractivity contribution is 0.601. The van der Waals surface area contributed by atoms with Gasteiger partial charge < -0.3 is 0 Å². The van der Waals surface area contributed by atoms with Gasteiger partial charge in [-0.25, -0.2) is 0 Å². The highest BCUT2D eigenvalue weighted by Crippen LogP contribution is 2.51. The monoisotopic (exact) mass is 602 g/mol. The first-order chi connectivity index (χ1) is 22.7. The lowest BCUT2D eigenvalue weighted by Gasteiger charge is -2.35. The highest BCUT2D eigenvalue weighted by atomic mass is 14.4. The molecule has 0 heteroatoms. The van der Waals surface area contributed by atoms with Crippen molar-refractivity contribution < 1.29 is 0 Å². The molecule has 0 unspecified atom stereocenters. The standard InChI is InChI=1S/C47H38/c1-46(2,3)45-39-19-9-8-18-36(39)43(34-20-12-15-29-14-6-7-16-31(29)34)38-25-24-30(28-40(38)45)32-26-27-37-33-17-10-11-22-41(33)47(4,5)42-23-13-21-35(32)44(37)42/h6-28H,1-5H3. The van der Waals surface area contributed by atoms with Crippen LogP contribution in [-0.2, 0) is 10.8 Å². The summed E-state index contributed by atoms with van der Waals surface area (Å²) in [5.74, 6) is 0. The molecule has 226 valence electrons. The van der Waals surface area contributed by atoms with Gasteiger partial charge in [-0.1, -0.05) is 168 Å². The van der Waals surface area contributed by atoms with Crippen molar-refractivity contribution in [2.45, 2.75) is 45.4 Å². The highest BCUT2D eigenvalue weighted by Gasteiger charge is 2.33. The average Bonchev–Trinajstić information content (AvgIpc) is 3.08. The molecule has 0 fully saturated rings. The van der Waals surface area contributed by atoms with E-state index in [-0.39, 0.29) is 10.8 Å². The summed E-state index contributed by atoms with van der Waals surface area (Å²) in [5.41, 5.74) is 12.0. The highest BCUT2D eigenvalue weighted by molar-refractivity contribution is 6.20. The molecule has 1 aliphatic rings. The van der Waals surface area contributed by atoms with Gasteiger partial charge in [-0.2, -0.15) is 0 Å². The van der Waals surface area contributed by atoms with Crippen molar-refractivity contribution in [3.05, 3.63) is 156 Å². The van der Waals surface area contributed by atoms with Gasteiger partial charge in [0.25, 0.3) is 0 Å². The lowest BCUT2D eigenvalue weighted by Crippen LogP contribution is -2.23. The normalized spacial score (nSPS) is 13.8. The summed E-state index contributed by atoms with van der Waals surface area (Å²) in [7, 11) is 0. The first kappa shape index (κ1) is 28.1. The van der Waals surface area contributed by atoms with Gasteiger partial charge in [0.1, 0.15) is 0 Å². The van der Waals surface area contributed by atoms with Crippen molar-refractivity contribution in [1.82, 2.24) is 0 Å². The molecule has 8 aromatic carbocycles. The molecule has 0 saturated heterocycles. The van der Waals surface area contributed by atoms with E-state index in [2.05, 4.69) is 174 Å². The first-order valence-corrected chi connectivity index (χ1v) is 16.9. The molecule has 0 aromatic heterocycles. The van der Waals surface area contributed by atoms with Crippen LogP contribution < -0.4 is 0 Å². The minimum absolute atomic E-state index is 0.0541. The molecule has 0 saturated carbocycles. The van der Waals surface area contributed by atoms with Gasteiger partial charge in [0, 0.05) is 5.41 Å². The summed E-state index contributed by atoms with van der Waals surface area (Å²) >= 11 is 0. The van der Waals surface area contributed by atoms with Crippen molar-refractivity contribution in [3.8, 4) is 33.4 Å². The summed E-state index contributed by atoms with van der Waals surface area (Å²) in [6, 6.07) is 52.5. The van der Waals surface area contributed by atoms with Crippen LogP contribution in [0.15, 0.2) is 140 Å². The van der Waals surface area contributed by atoms with Crippen molar-refractivity contribution >= 4 is 43.1 Å². The van der Waals surface area contributed by atoms with E-state index in [1.165, 1.54) is 93.2 Å². The van der Waals surface area contributed by atoms with Crippen LogP contribution in [0.2, 0.25) is 0 Å². The van der Waals surface area contributed by atoms with Crippen LogP contribution >= 0.6 is 0 Å². The molecule has 0 aliphatic heterocycles. The maximum Gasteiger partial charge on any atom is 0.0159 e. The van der Waals surface area contributed by atoms with Gasteiger partial charge in [-0.15, -0.1) is 0 Å². The molecule has 8 aromatic rings. The van der Waals surface area contributed by atoms with Crippen molar-refractivity contribution in [2.75, 3.05) is 0 Å². The number of rotatable bonds is 2. The maximum absolute atomic E-state index is 2.49. The van der Waals surface area contributed by atoms with Gasteiger partial charge in [-0.05, 0) is 105 Å². The number of hydrogen-bond donors (Lipinski definition) is 0. The maximum atomic E-state index is 2.49. The molecule has 9 rings (SSSR count). The third kappa shape index (κ3) is 4.01. The summed E-state index contributed by atoms with van der Waals surface area (Å²) < 4.78 is 0. The third-order valence-corrected chi connectivity index (χ3v) is 10.7. The summed E-state index contributed by atoms with van der Waals surface area (Å²) in [5, 5.41) is 10.6. The second kappa shape index (κ2) is 9.90. The zero-order valence-corrected chi connectivity index (χ0v) is 27.8. The van der Waals surface area contributed by atoms with Crippen LogP contribution in [0.5, 0.6) is 0 Å². The lowest BCUT2D eigenvalue weighted by atomic mass is 9.68.